The zero-order chi connectivity index (χ0) is 23.3. The molecule has 0 spiro atoms. The monoisotopic (exact) mass is 448 g/mol. The summed E-state index contributed by atoms with van der Waals surface area (Å²) < 4.78 is 7.23. The van der Waals surface area contributed by atoms with E-state index in [-0.39, 0.29) is 17.8 Å². The first-order valence-electron chi connectivity index (χ1n) is 11.1. The smallest absolute Gasteiger partial charge is 0.291 e. The van der Waals surface area contributed by atoms with Gasteiger partial charge in [0.15, 0.2) is 11.6 Å². The van der Waals surface area contributed by atoms with Crippen LogP contribution >= 0.6 is 0 Å². The number of aryl methyl sites for hydroxylation is 1. The van der Waals surface area contributed by atoms with Crippen LogP contribution in [0.4, 0.5) is 0 Å². The lowest BCUT2D eigenvalue weighted by Crippen LogP contribution is -2.31. The molecule has 5 aromatic rings. The van der Waals surface area contributed by atoms with Crippen molar-refractivity contribution in [2.45, 2.75) is 19.4 Å². The largest absolute Gasteiger partial charge is 0.461 e. The van der Waals surface area contributed by atoms with Gasteiger partial charge in [-0.3, -0.25) is 4.79 Å². The van der Waals surface area contributed by atoms with Gasteiger partial charge in [0, 0.05) is 0 Å². The average molecular weight is 449 g/mol. The Morgan fingerprint density at radius 1 is 0.941 bits per heavy atom. The first kappa shape index (κ1) is 21.4. The predicted molar refractivity (Wildman–Crippen MR) is 131 cm³/mol. The minimum absolute atomic E-state index is 0.0851. The number of rotatable bonds is 7. The number of benzene rings is 3. The van der Waals surface area contributed by atoms with Crippen LogP contribution in [0, 0.1) is 6.92 Å². The number of amides is 1. The third kappa shape index (κ3) is 4.66. The number of hydrogen-bond acceptors (Lipinski definition) is 4. The average Bonchev–Trinajstić information content (AvgIpc) is 3.55. The maximum atomic E-state index is 13.4. The van der Waals surface area contributed by atoms with E-state index >= 15 is 0 Å². The molecule has 1 atom stereocenters. The Balaban J connectivity index is 1.49. The molecule has 6 nitrogen and oxygen atoms in total. The molecule has 2 aromatic heterocycles. The summed E-state index contributed by atoms with van der Waals surface area (Å²) in [6.07, 6.45) is 2.23. The normalized spacial score (nSPS) is 11.8. The van der Waals surface area contributed by atoms with Crippen LogP contribution in [0.5, 0.6) is 0 Å². The molecule has 1 N–H and O–H groups in total. The Bertz CT molecular complexity index is 1380. The molecule has 5 rings (SSSR count). The Labute approximate surface area is 197 Å². The summed E-state index contributed by atoms with van der Waals surface area (Å²) in [4.78, 5) is 17.9. The third-order valence-corrected chi connectivity index (χ3v) is 5.59. The van der Waals surface area contributed by atoms with Crippen LogP contribution in [0.25, 0.3) is 17.3 Å². The lowest BCUT2D eigenvalue weighted by molar-refractivity contribution is 0.0926. The zero-order valence-corrected chi connectivity index (χ0v) is 18.8. The Kier molecular flexibility index (Phi) is 6.03. The summed E-state index contributed by atoms with van der Waals surface area (Å²) in [6.45, 7) is 2.01. The highest BCUT2D eigenvalue weighted by Crippen LogP contribution is 2.23. The van der Waals surface area contributed by atoms with E-state index in [1.807, 2.05) is 79.7 Å². The molecule has 34 heavy (non-hydrogen) atoms. The molecule has 168 valence electrons. The Hall–Kier alpha value is -4.45. The molecular formula is C28H24N4O2. The van der Waals surface area contributed by atoms with E-state index in [1.165, 1.54) is 0 Å². The summed E-state index contributed by atoms with van der Waals surface area (Å²) in [5.41, 5.74) is 4.04. The first-order chi connectivity index (χ1) is 16.7. The highest BCUT2D eigenvalue weighted by Gasteiger charge is 2.23. The lowest BCUT2D eigenvalue weighted by atomic mass is 9.99. The van der Waals surface area contributed by atoms with Gasteiger partial charge in [0.2, 0.25) is 5.82 Å². The van der Waals surface area contributed by atoms with Crippen LogP contribution in [-0.4, -0.2) is 20.7 Å². The molecule has 3 aromatic carbocycles. The van der Waals surface area contributed by atoms with Gasteiger partial charge in [0.05, 0.1) is 18.0 Å². The van der Waals surface area contributed by atoms with Crippen molar-refractivity contribution in [3.8, 4) is 17.3 Å². The molecule has 6 heteroatoms. The maximum Gasteiger partial charge on any atom is 0.291 e. The van der Waals surface area contributed by atoms with Crippen LogP contribution in [0.1, 0.15) is 33.4 Å². The molecule has 0 radical (unpaired) electrons. The fourth-order valence-electron chi connectivity index (χ4n) is 3.92. The number of carbonyl (C=O) groups is 1. The van der Waals surface area contributed by atoms with Crippen molar-refractivity contribution in [1.29, 1.82) is 0 Å². The third-order valence-electron chi connectivity index (χ3n) is 5.59. The molecule has 0 aliphatic rings. The zero-order valence-electron chi connectivity index (χ0n) is 18.8. The molecule has 0 aliphatic carbocycles. The van der Waals surface area contributed by atoms with E-state index in [2.05, 4.69) is 27.5 Å². The van der Waals surface area contributed by atoms with E-state index in [1.54, 1.807) is 23.1 Å². The van der Waals surface area contributed by atoms with Gasteiger partial charge >= 0.3 is 0 Å². The van der Waals surface area contributed by atoms with Gasteiger partial charge in [0.25, 0.3) is 5.91 Å². The number of nitrogens with one attached hydrogen (secondary N) is 1. The predicted octanol–water partition coefficient (Wildman–Crippen LogP) is 5.55. The maximum absolute atomic E-state index is 13.4. The summed E-state index contributed by atoms with van der Waals surface area (Å²) in [5, 5.41) is 7.70. The molecule has 0 saturated carbocycles. The van der Waals surface area contributed by atoms with Crippen LogP contribution in [0.2, 0.25) is 0 Å². The van der Waals surface area contributed by atoms with Gasteiger partial charge in [-0.2, -0.15) is 4.98 Å². The summed E-state index contributed by atoms with van der Waals surface area (Å²) in [7, 11) is 0. The molecule has 0 bridgehead atoms. The van der Waals surface area contributed by atoms with Crippen molar-refractivity contribution in [3.63, 3.8) is 0 Å². The number of furan rings is 1. The van der Waals surface area contributed by atoms with Gasteiger partial charge in [-0.05, 0) is 54.3 Å². The number of carbonyl (C=O) groups excluding carboxylic acids is 1. The number of nitrogens with zero attached hydrogens (tertiary/aromatic N) is 3. The summed E-state index contributed by atoms with van der Waals surface area (Å²) in [5.74, 6) is 0.753. The minimum atomic E-state index is -0.344. The van der Waals surface area contributed by atoms with Crippen LogP contribution in [-0.2, 0) is 6.42 Å². The van der Waals surface area contributed by atoms with Gasteiger partial charge in [-0.1, -0.05) is 72.8 Å². The second-order valence-corrected chi connectivity index (χ2v) is 8.11. The quantitative estimate of drug-likeness (QED) is 0.354. The molecule has 2 heterocycles. The molecule has 1 amide bonds. The van der Waals surface area contributed by atoms with E-state index in [9.17, 15) is 4.79 Å². The van der Waals surface area contributed by atoms with E-state index in [0.717, 1.165) is 22.4 Å². The number of hydrogen-bond donors (Lipinski definition) is 1. The van der Waals surface area contributed by atoms with Gasteiger partial charge in [-0.15, -0.1) is 5.10 Å². The second-order valence-electron chi connectivity index (χ2n) is 8.11. The fourth-order valence-corrected chi connectivity index (χ4v) is 3.92. The molecule has 0 fully saturated rings. The molecular weight excluding hydrogens is 424 g/mol. The van der Waals surface area contributed by atoms with Crippen LogP contribution < -0.4 is 5.32 Å². The van der Waals surface area contributed by atoms with Gasteiger partial charge in [-0.25, -0.2) is 4.68 Å². The molecule has 0 unspecified atom stereocenters. The SMILES string of the molecule is Cc1cccc(-n2nc(C(=O)N[C@H](Cc3ccccc3)c3ccccc3)nc2-c2ccco2)c1. The topological polar surface area (TPSA) is 73.0 Å². The van der Waals surface area contributed by atoms with Gasteiger partial charge < -0.3 is 9.73 Å². The molecule has 0 saturated heterocycles. The summed E-state index contributed by atoms with van der Waals surface area (Å²) >= 11 is 0. The van der Waals surface area contributed by atoms with Crippen molar-refractivity contribution in [3.05, 3.63) is 126 Å². The fraction of sp³-hybridized carbons (Fsp3) is 0.107. The minimum Gasteiger partial charge on any atom is -0.461 e. The van der Waals surface area contributed by atoms with E-state index in [0.29, 0.717) is 18.0 Å². The Morgan fingerprint density at radius 3 is 2.41 bits per heavy atom. The molecule has 0 aliphatic heterocycles. The lowest BCUT2D eigenvalue weighted by Gasteiger charge is -2.18. The van der Waals surface area contributed by atoms with E-state index < -0.39 is 0 Å². The van der Waals surface area contributed by atoms with Crippen molar-refractivity contribution in [1.82, 2.24) is 20.1 Å². The highest BCUT2D eigenvalue weighted by atomic mass is 16.3. The van der Waals surface area contributed by atoms with E-state index in [4.69, 9.17) is 4.42 Å². The van der Waals surface area contributed by atoms with Gasteiger partial charge in [0.1, 0.15) is 0 Å². The van der Waals surface area contributed by atoms with Crippen molar-refractivity contribution in [2.24, 2.45) is 0 Å². The van der Waals surface area contributed by atoms with Crippen molar-refractivity contribution >= 4 is 5.91 Å². The van der Waals surface area contributed by atoms with Crippen LogP contribution in [0.15, 0.2) is 108 Å². The first-order valence-corrected chi connectivity index (χ1v) is 11.1. The number of aromatic nitrogens is 3. The van der Waals surface area contributed by atoms with Crippen LogP contribution in [0.3, 0.4) is 0 Å². The summed E-state index contributed by atoms with van der Waals surface area (Å²) in [6, 6.07) is 31.3. The highest BCUT2D eigenvalue weighted by molar-refractivity contribution is 5.91. The van der Waals surface area contributed by atoms with Crippen molar-refractivity contribution in [2.75, 3.05) is 0 Å². The second kappa shape index (κ2) is 9.58. The standard InChI is InChI=1S/C28H24N4O2/c1-20-10-8-15-23(18-20)32-27(25-16-9-17-34-25)30-26(31-32)28(33)29-24(22-13-6-3-7-14-22)19-21-11-4-2-5-12-21/h2-18,24H,19H2,1H3,(H,29,33)/t24-/m1/s1. The Morgan fingerprint density at radius 2 is 1.71 bits per heavy atom. The van der Waals surface area contributed by atoms with Crippen molar-refractivity contribution < 1.29 is 9.21 Å².